The highest BCUT2D eigenvalue weighted by molar-refractivity contribution is 5.93. The quantitative estimate of drug-likeness (QED) is 0.564. The van der Waals surface area contributed by atoms with Crippen molar-refractivity contribution >= 4 is 17.6 Å². The lowest BCUT2D eigenvalue weighted by atomic mass is 10.1. The van der Waals surface area contributed by atoms with Crippen molar-refractivity contribution in [3.8, 4) is 11.5 Å². The van der Waals surface area contributed by atoms with E-state index < -0.39 is 53.8 Å². The minimum Gasteiger partial charge on any atom is -0.485 e. The lowest BCUT2D eigenvalue weighted by molar-refractivity contribution is -0.156. The fourth-order valence-electron chi connectivity index (χ4n) is 2.59. The number of esters is 1. The number of amides is 1. The van der Waals surface area contributed by atoms with E-state index in [0.29, 0.717) is 17.9 Å². The summed E-state index contributed by atoms with van der Waals surface area (Å²) >= 11 is 0. The van der Waals surface area contributed by atoms with Crippen LogP contribution in [-0.2, 0) is 26.7 Å². The van der Waals surface area contributed by atoms with E-state index in [4.69, 9.17) is 14.2 Å². The standard InChI is InChI=1S/C19H13F6NO5/c20-18(21,22)10-5-11(19(23,24)25)7-12(6-10)26-16(27)9-30-17(28)15-8-29-13-3-1-2-4-14(13)31-15/h1-7,15H,8-9H2,(H,26,27)/t15-/m1/s1. The molecule has 1 aliphatic rings. The Morgan fingerprint density at radius 2 is 1.55 bits per heavy atom. The predicted octanol–water partition coefficient (Wildman–Crippen LogP) is 4.05. The number of alkyl halides is 6. The van der Waals surface area contributed by atoms with Crippen LogP contribution in [0.15, 0.2) is 42.5 Å². The van der Waals surface area contributed by atoms with Crippen LogP contribution in [0.5, 0.6) is 11.5 Å². The number of anilines is 1. The van der Waals surface area contributed by atoms with Crippen LogP contribution in [0.1, 0.15) is 11.1 Å². The second-order valence-corrected chi connectivity index (χ2v) is 6.31. The van der Waals surface area contributed by atoms with Gasteiger partial charge in [0.1, 0.15) is 6.61 Å². The van der Waals surface area contributed by atoms with Crippen molar-refractivity contribution in [1.29, 1.82) is 0 Å². The average molecular weight is 449 g/mol. The largest absolute Gasteiger partial charge is 0.485 e. The Labute approximate surface area is 170 Å². The zero-order chi connectivity index (χ0) is 22.8. The molecule has 1 amide bonds. The van der Waals surface area contributed by atoms with Crippen LogP contribution in [0.2, 0.25) is 0 Å². The summed E-state index contributed by atoms with van der Waals surface area (Å²) in [4.78, 5) is 23.9. The normalized spacial score (nSPS) is 15.9. The maximum atomic E-state index is 12.9. The first kappa shape index (κ1) is 22.2. The highest BCUT2D eigenvalue weighted by Gasteiger charge is 2.37. The summed E-state index contributed by atoms with van der Waals surface area (Å²) in [6, 6.07) is 7.06. The molecule has 0 saturated heterocycles. The summed E-state index contributed by atoms with van der Waals surface area (Å²) in [6.45, 7) is -1.17. The van der Waals surface area contributed by atoms with Gasteiger partial charge in [-0.15, -0.1) is 0 Å². The molecule has 0 saturated carbocycles. The Hall–Kier alpha value is -3.44. The second-order valence-electron chi connectivity index (χ2n) is 6.31. The summed E-state index contributed by atoms with van der Waals surface area (Å²) in [5, 5.41) is 1.85. The van der Waals surface area contributed by atoms with Gasteiger partial charge in [0.25, 0.3) is 5.91 Å². The molecule has 1 atom stereocenters. The van der Waals surface area contributed by atoms with Crippen molar-refractivity contribution in [2.24, 2.45) is 0 Å². The molecule has 1 aliphatic heterocycles. The van der Waals surface area contributed by atoms with Crippen LogP contribution >= 0.6 is 0 Å². The zero-order valence-electron chi connectivity index (χ0n) is 15.3. The number of fused-ring (bicyclic) bond motifs is 1. The van der Waals surface area contributed by atoms with E-state index in [-0.39, 0.29) is 18.4 Å². The molecule has 3 rings (SSSR count). The molecule has 31 heavy (non-hydrogen) atoms. The summed E-state index contributed by atoms with van der Waals surface area (Å²) in [7, 11) is 0. The van der Waals surface area contributed by atoms with Gasteiger partial charge in [-0.1, -0.05) is 12.1 Å². The maximum absolute atomic E-state index is 12.9. The lowest BCUT2D eigenvalue weighted by Crippen LogP contribution is -2.39. The minimum absolute atomic E-state index is 0.0755. The number of para-hydroxylation sites is 2. The van der Waals surface area contributed by atoms with E-state index in [0.717, 1.165) is 0 Å². The minimum atomic E-state index is -5.07. The van der Waals surface area contributed by atoms with Gasteiger partial charge in [0.15, 0.2) is 18.1 Å². The smallest absolute Gasteiger partial charge is 0.416 e. The SMILES string of the molecule is O=C(COC(=O)[C@H]1COc2ccccc2O1)Nc1cc(C(F)(F)F)cc(C(F)(F)F)c1. The fraction of sp³-hybridized carbons (Fsp3) is 0.263. The number of benzene rings is 2. The van der Waals surface area contributed by atoms with Crippen LogP contribution in [-0.4, -0.2) is 31.2 Å². The van der Waals surface area contributed by atoms with E-state index >= 15 is 0 Å². The number of hydrogen-bond acceptors (Lipinski definition) is 5. The molecule has 6 nitrogen and oxygen atoms in total. The van der Waals surface area contributed by atoms with Gasteiger partial charge in [-0.05, 0) is 30.3 Å². The lowest BCUT2D eigenvalue weighted by Gasteiger charge is -2.24. The molecule has 0 unspecified atom stereocenters. The first-order valence-electron chi connectivity index (χ1n) is 8.58. The first-order chi connectivity index (χ1) is 14.4. The predicted molar refractivity (Wildman–Crippen MR) is 92.4 cm³/mol. The number of hydrogen-bond donors (Lipinski definition) is 1. The topological polar surface area (TPSA) is 73.9 Å². The molecule has 0 radical (unpaired) electrons. The number of carbonyl (C=O) groups excluding carboxylic acids is 2. The number of carbonyl (C=O) groups is 2. The molecule has 1 heterocycles. The van der Waals surface area contributed by atoms with Crippen LogP contribution in [0.4, 0.5) is 32.0 Å². The average Bonchev–Trinajstić information content (AvgIpc) is 2.70. The third kappa shape index (κ3) is 5.58. The van der Waals surface area contributed by atoms with Gasteiger partial charge >= 0.3 is 18.3 Å². The molecule has 0 aromatic heterocycles. The third-order valence-electron chi connectivity index (χ3n) is 3.99. The van der Waals surface area contributed by atoms with Gasteiger partial charge in [0, 0.05) is 5.69 Å². The number of nitrogens with one attached hydrogen (secondary N) is 1. The van der Waals surface area contributed by atoms with E-state index in [1.807, 2.05) is 5.32 Å². The van der Waals surface area contributed by atoms with Gasteiger partial charge in [-0.25, -0.2) is 4.79 Å². The van der Waals surface area contributed by atoms with E-state index in [1.165, 1.54) is 6.07 Å². The van der Waals surface area contributed by atoms with Gasteiger partial charge in [-0.2, -0.15) is 26.3 Å². The number of ether oxygens (including phenoxy) is 3. The molecule has 12 heteroatoms. The van der Waals surface area contributed by atoms with Crippen molar-refractivity contribution in [1.82, 2.24) is 0 Å². The maximum Gasteiger partial charge on any atom is 0.416 e. The zero-order valence-corrected chi connectivity index (χ0v) is 15.3. The Morgan fingerprint density at radius 3 is 2.13 bits per heavy atom. The van der Waals surface area contributed by atoms with Crippen molar-refractivity contribution in [3.05, 3.63) is 53.6 Å². The van der Waals surface area contributed by atoms with Crippen LogP contribution < -0.4 is 14.8 Å². The molecule has 0 fully saturated rings. The van der Waals surface area contributed by atoms with Gasteiger partial charge in [0.05, 0.1) is 11.1 Å². The molecule has 1 N–H and O–H groups in total. The van der Waals surface area contributed by atoms with Crippen LogP contribution in [0.25, 0.3) is 0 Å². The van der Waals surface area contributed by atoms with Gasteiger partial charge < -0.3 is 19.5 Å². The molecule has 166 valence electrons. The molecule has 0 aliphatic carbocycles. The Balaban J connectivity index is 1.62. The summed E-state index contributed by atoms with van der Waals surface area (Å²) in [6.07, 6.45) is -11.3. The Kier molecular flexibility index (Phi) is 6.00. The Bertz CT molecular complexity index is 956. The van der Waals surface area contributed by atoms with Crippen molar-refractivity contribution < 1.29 is 50.1 Å². The Morgan fingerprint density at radius 1 is 0.968 bits per heavy atom. The summed E-state index contributed by atoms with van der Waals surface area (Å²) in [5.74, 6) is -1.47. The monoisotopic (exact) mass is 449 g/mol. The van der Waals surface area contributed by atoms with E-state index in [1.54, 1.807) is 18.2 Å². The molecule has 0 spiro atoms. The fourth-order valence-corrected chi connectivity index (χ4v) is 2.59. The second kappa shape index (κ2) is 8.36. The van der Waals surface area contributed by atoms with Crippen molar-refractivity contribution in [3.63, 3.8) is 0 Å². The van der Waals surface area contributed by atoms with Crippen molar-refractivity contribution in [2.45, 2.75) is 18.5 Å². The third-order valence-corrected chi connectivity index (χ3v) is 3.99. The van der Waals surface area contributed by atoms with E-state index in [9.17, 15) is 35.9 Å². The van der Waals surface area contributed by atoms with Crippen LogP contribution in [0.3, 0.4) is 0 Å². The molecule has 2 aromatic rings. The first-order valence-corrected chi connectivity index (χ1v) is 8.58. The van der Waals surface area contributed by atoms with Crippen molar-refractivity contribution in [2.75, 3.05) is 18.5 Å². The molecule has 0 bridgehead atoms. The summed E-state index contributed by atoms with van der Waals surface area (Å²) in [5.41, 5.74) is -3.95. The molecular formula is C19H13F6NO5. The number of halogens is 6. The van der Waals surface area contributed by atoms with Gasteiger partial charge in [-0.3, -0.25) is 4.79 Å². The summed E-state index contributed by atoms with van der Waals surface area (Å²) < 4.78 is 92.6. The van der Waals surface area contributed by atoms with E-state index in [2.05, 4.69) is 0 Å². The highest BCUT2D eigenvalue weighted by Crippen LogP contribution is 2.37. The number of rotatable bonds is 4. The molecular weight excluding hydrogens is 436 g/mol. The molecule has 2 aromatic carbocycles. The highest BCUT2D eigenvalue weighted by atomic mass is 19.4. The van der Waals surface area contributed by atoms with Crippen LogP contribution in [0, 0.1) is 0 Å². The van der Waals surface area contributed by atoms with Gasteiger partial charge in [0.2, 0.25) is 6.10 Å².